The maximum atomic E-state index is 13.9. The van der Waals surface area contributed by atoms with E-state index >= 15 is 0 Å². The first-order valence-corrected chi connectivity index (χ1v) is 7.07. The number of hydrogen-bond donors (Lipinski definition) is 3. The van der Waals surface area contributed by atoms with Gasteiger partial charge in [0, 0.05) is 12.0 Å². The van der Waals surface area contributed by atoms with Gasteiger partial charge < -0.3 is 10.4 Å². The smallest absolute Gasteiger partial charge is 0.392 e. The number of aromatic nitrogens is 2. The molecule has 1 atom stereocenters. The maximum Gasteiger partial charge on any atom is 0.440 e. The van der Waals surface area contributed by atoms with Gasteiger partial charge in [-0.3, -0.25) is 19.5 Å². The fourth-order valence-corrected chi connectivity index (χ4v) is 2.73. The second kappa shape index (κ2) is 5.20. The van der Waals surface area contributed by atoms with Crippen LogP contribution in [-0.4, -0.2) is 32.6 Å². The number of nitrogens with one attached hydrogen (secondary N) is 2. The van der Waals surface area contributed by atoms with Crippen molar-refractivity contribution in [3.8, 4) is 0 Å². The van der Waals surface area contributed by atoms with Crippen molar-refractivity contribution in [2.24, 2.45) is 0 Å². The molecule has 2 amide bonds. The van der Waals surface area contributed by atoms with Gasteiger partial charge >= 0.3 is 6.18 Å². The molecular formula is C14H13F3N4O3. The highest BCUT2D eigenvalue weighted by atomic mass is 19.4. The second-order valence-electron chi connectivity index (χ2n) is 5.28. The summed E-state index contributed by atoms with van der Waals surface area (Å²) in [6.07, 6.45) is -5.33. The molecular weight excluding hydrogens is 329 g/mol. The Hall–Kier alpha value is -2.62. The average molecular weight is 342 g/mol. The molecule has 0 fully saturated rings. The van der Waals surface area contributed by atoms with E-state index in [-0.39, 0.29) is 23.4 Å². The first-order chi connectivity index (χ1) is 11.3. The summed E-state index contributed by atoms with van der Waals surface area (Å²) in [6.45, 7) is 0.950. The number of benzene rings is 1. The first kappa shape index (κ1) is 16.2. The zero-order valence-electron chi connectivity index (χ0n) is 12.4. The normalized spacial score (nSPS) is 20.1. The molecule has 1 aromatic carbocycles. The monoisotopic (exact) mass is 342 g/mol. The summed E-state index contributed by atoms with van der Waals surface area (Å²) in [7, 11) is 0. The number of rotatable bonds is 3. The highest BCUT2D eigenvalue weighted by molar-refractivity contribution is 6.05. The number of hydrogen-bond acceptors (Lipinski definition) is 4. The summed E-state index contributed by atoms with van der Waals surface area (Å²) in [4.78, 5) is 27.8. The number of aliphatic hydroxyl groups is 1. The van der Waals surface area contributed by atoms with Gasteiger partial charge in [-0.2, -0.15) is 13.2 Å². The molecule has 1 unspecified atom stereocenters. The van der Waals surface area contributed by atoms with Gasteiger partial charge in [0.1, 0.15) is 0 Å². The van der Waals surface area contributed by atoms with Crippen molar-refractivity contribution in [1.82, 2.24) is 14.9 Å². The number of carbonyl (C=O) groups is 2. The van der Waals surface area contributed by atoms with E-state index in [1.807, 2.05) is 0 Å². The molecule has 1 aliphatic heterocycles. The predicted molar refractivity (Wildman–Crippen MR) is 76.7 cm³/mol. The Morgan fingerprint density at radius 3 is 2.75 bits per heavy atom. The van der Waals surface area contributed by atoms with Gasteiger partial charge in [-0.05, 0) is 6.07 Å². The van der Waals surface area contributed by atoms with E-state index in [0.29, 0.717) is 10.1 Å². The van der Waals surface area contributed by atoms with Crippen LogP contribution in [0.1, 0.15) is 18.9 Å². The number of halogens is 3. The van der Waals surface area contributed by atoms with Crippen molar-refractivity contribution < 1.29 is 27.9 Å². The van der Waals surface area contributed by atoms with Gasteiger partial charge in [0.15, 0.2) is 0 Å². The third-order valence-electron chi connectivity index (χ3n) is 3.88. The molecule has 128 valence electrons. The number of fused-ring (bicyclic) bond motifs is 3. The zero-order valence-corrected chi connectivity index (χ0v) is 12.4. The van der Waals surface area contributed by atoms with Crippen molar-refractivity contribution in [2.75, 3.05) is 5.32 Å². The molecule has 10 heteroatoms. The Morgan fingerprint density at radius 2 is 2.17 bits per heavy atom. The second-order valence-corrected chi connectivity index (χ2v) is 5.28. The minimum absolute atomic E-state index is 0.0244. The Kier molecular flexibility index (Phi) is 3.52. The van der Waals surface area contributed by atoms with Crippen LogP contribution in [0.15, 0.2) is 18.2 Å². The van der Waals surface area contributed by atoms with E-state index in [1.165, 1.54) is 25.1 Å². The van der Waals surface area contributed by atoms with Crippen LogP contribution in [0.5, 0.6) is 0 Å². The van der Waals surface area contributed by atoms with E-state index in [1.54, 1.807) is 5.32 Å². The molecule has 2 aromatic rings. The van der Waals surface area contributed by atoms with Crippen molar-refractivity contribution in [3.63, 3.8) is 0 Å². The molecule has 3 rings (SSSR count). The van der Waals surface area contributed by atoms with Crippen LogP contribution in [-0.2, 0) is 21.9 Å². The van der Waals surface area contributed by atoms with E-state index in [9.17, 15) is 27.9 Å². The summed E-state index contributed by atoms with van der Waals surface area (Å²) in [5.41, 5.74) is -2.88. The Labute approximate surface area is 133 Å². The van der Waals surface area contributed by atoms with Gasteiger partial charge in [-0.15, -0.1) is 0 Å². The van der Waals surface area contributed by atoms with Crippen LogP contribution in [0, 0.1) is 0 Å². The highest BCUT2D eigenvalue weighted by Crippen LogP contribution is 2.44. The van der Waals surface area contributed by atoms with Crippen molar-refractivity contribution >= 4 is 28.8 Å². The molecule has 0 radical (unpaired) electrons. The molecule has 0 bridgehead atoms. The van der Waals surface area contributed by atoms with E-state index in [2.05, 4.69) is 10.3 Å². The summed E-state index contributed by atoms with van der Waals surface area (Å²) in [5, 5.41) is 13.2. The molecule has 0 spiro atoms. The number of aliphatic hydroxyl groups excluding tert-OH is 1. The number of anilines is 1. The molecule has 2 heterocycles. The minimum atomic E-state index is -5.10. The molecule has 0 saturated heterocycles. The van der Waals surface area contributed by atoms with Crippen molar-refractivity contribution in [3.05, 3.63) is 23.8 Å². The van der Waals surface area contributed by atoms with Gasteiger partial charge in [0.05, 0.1) is 17.6 Å². The molecule has 7 nitrogen and oxygen atoms in total. The molecule has 24 heavy (non-hydrogen) atoms. The third-order valence-corrected chi connectivity index (χ3v) is 3.88. The lowest BCUT2D eigenvalue weighted by molar-refractivity contribution is -0.217. The fourth-order valence-electron chi connectivity index (χ4n) is 2.73. The number of alkyl halides is 3. The largest absolute Gasteiger partial charge is 0.440 e. The standard InChI is InChI=1S/C14H13F3N4O3/c1-2-9(23)20-13(14(15,16)17)11(24)19-12-18-10-7(6-22)4-3-5-8(10)21(12)13/h3-5,22H,2,6H2,1H3,(H,20,23)(H,18,19,24). The van der Waals surface area contributed by atoms with Crippen LogP contribution in [0.25, 0.3) is 11.0 Å². The quantitative estimate of drug-likeness (QED) is 0.781. The Bertz CT molecular complexity index is 846. The summed E-state index contributed by atoms with van der Waals surface area (Å²) in [6, 6.07) is 4.28. The number of amides is 2. The number of nitrogens with zero attached hydrogens (tertiary/aromatic N) is 2. The molecule has 1 aliphatic rings. The lowest BCUT2D eigenvalue weighted by Crippen LogP contribution is -2.63. The molecule has 1 aromatic heterocycles. The van der Waals surface area contributed by atoms with Gasteiger partial charge in [0.25, 0.3) is 11.6 Å². The fraction of sp³-hybridized carbons (Fsp3) is 0.357. The van der Waals surface area contributed by atoms with E-state index in [4.69, 9.17) is 0 Å². The lowest BCUT2D eigenvalue weighted by atomic mass is 10.1. The number of carbonyl (C=O) groups excluding carboxylic acids is 2. The maximum absolute atomic E-state index is 13.9. The zero-order chi connectivity index (χ0) is 17.7. The van der Waals surface area contributed by atoms with Gasteiger partial charge in [-0.25, -0.2) is 4.98 Å². The van der Waals surface area contributed by atoms with Crippen LogP contribution in [0.3, 0.4) is 0 Å². The van der Waals surface area contributed by atoms with Crippen molar-refractivity contribution in [2.45, 2.75) is 31.8 Å². The van der Waals surface area contributed by atoms with Crippen LogP contribution in [0.2, 0.25) is 0 Å². The molecule has 0 saturated carbocycles. The van der Waals surface area contributed by atoms with E-state index in [0.717, 1.165) is 0 Å². The first-order valence-electron chi connectivity index (χ1n) is 7.07. The van der Waals surface area contributed by atoms with Crippen LogP contribution < -0.4 is 10.6 Å². The predicted octanol–water partition coefficient (Wildman–Crippen LogP) is 1.22. The van der Waals surface area contributed by atoms with Crippen molar-refractivity contribution in [1.29, 1.82) is 0 Å². The number of imidazole rings is 1. The summed E-state index contributed by atoms with van der Waals surface area (Å²) in [5.74, 6) is -2.71. The van der Waals surface area contributed by atoms with Gasteiger partial charge in [-0.1, -0.05) is 19.1 Å². The number of para-hydroxylation sites is 1. The SMILES string of the molecule is CCC(=O)NC1(C(F)(F)F)C(=O)Nc2nc3c(CO)cccc3n21. The topological polar surface area (TPSA) is 96.2 Å². The average Bonchev–Trinajstić information content (AvgIpc) is 3.01. The molecule has 3 N–H and O–H groups in total. The van der Waals surface area contributed by atoms with E-state index < -0.39 is 30.3 Å². The van der Waals surface area contributed by atoms with Gasteiger partial charge in [0.2, 0.25) is 11.9 Å². The summed E-state index contributed by atoms with van der Waals surface area (Å²) < 4.78 is 42.2. The highest BCUT2D eigenvalue weighted by Gasteiger charge is 2.67. The Balaban J connectivity index is 2.34. The van der Waals surface area contributed by atoms with Crippen LogP contribution in [0.4, 0.5) is 19.1 Å². The minimum Gasteiger partial charge on any atom is -0.392 e. The molecule has 0 aliphatic carbocycles. The third kappa shape index (κ3) is 1.99. The van der Waals surface area contributed by atoms with Crippen LogP contribution >= 0.6 is 0 Å². The lowest BCUT2D eigenvalue weighted by Gasteiger charge is -2.31. The Morgan fingerprint density at radius 1 is 1.46 bits per heavy atom. The summed E-state index contributed by atoms with van der Waals surface area (Å²) >= 11 is 0.